The predicted octanol–water partition coefficient (Wildman–Crippen LogP) is 6.09. The van der Waals surface area contributed by atoms with Gasteiger partial charge in [0.2, 0.25) is 0 Å². The molecule has 0 spiro atoms. The Hall–Kier alpha value is -3.17. The first-order valence-corrected chi connectivity index (χ1v) is 10.3. The van der Waals surface area contributed by atoms with Gasteiger partial charge in [0.15, 0.2) is 0 Å². The molecule has 0 amide bonds. The summed E-state index contributed by atoms with van der Waals surface area (Å²) in [6, 6.07) is 30.6. The number of carbonyl (C=O) groups is 1. The van der Waals surface area contributed by atoms with Crippen molar-refractivity contribution in [3.05, 3.63) is 120 Å². The molecule has 4 rings (SSSR count). The second-order valence-electron chi connectivity index (χ2n) is 6.41. The van der Waals surface area contributed by atoms with E-state index in [2.05, 4.69) is 48.6 Å². The third-order valence-corrected chi connectivity index (χ3v) is 6.30. The Bertz CT molecular complexity index is 1080. The van der Waals surface area contributed by atoms with Crippen LogP contribution in [0.2, 0.25) is 0 Å². The van der Waals surface area contributed by atoms with Crippen LogP contribution < -0.4 is 0 Å². The molecule has 3 aromatic rings. The fraction of sp³-hybridized carbons (Fsp3) is 0.0400. The smallest absolute Gasteiger partial charge is 0.314 e. The maximum atomic E-state index is 11.9. The Balaban J connectivity index is 1.98. The lowest BCUT2D eigenvalue weighted by molar-refractivity contribution is -0.130. The number of hydrogen-bond donors (Lipinski definition) is 0. The monoisotopic (exact) mass is 384 g/mol. The second-order valence-corrected chi connectivity index (χ2v) is 8.00. The van der Waals surface area contributed by atoms with Crippen molar-refractivity contribution >= 4 is 32.1 Å². The van der Waals surface area contributed by atoms with Gasteiger partial charge in [-0.05, 0) is 34.4 Å². The van der Waals surface area contributed by atoms with Gasteiger partial charge in [0.05, 0.1) is 0 Å². The van der Waals surface area contributed by atoms with Crippen molar-refractivity contribution in [1.29, 1.82) is 0 Å². The minimum absolute atomic E-state index is 0.282. The molecule has 28 heavy (non-hydrogen) atoms. The molecule has 1 heterocycles. The molecule has 3 aromatic carbocycles. The summed E-state index contributed by atoms with van der Waals surface area (Å²) in [5.74, 6) is -0.282. The Labute approximate surface area is 167 Å². The van der Waals surface area contributed by atoms with E-state index in [1.165, 1.54) is 6.92 Å². The summed E-state index contributed by atoms with van der Waals surface area (Å²) in [6.45, 7) is 1.47. The summed E-state index contributed by atoms with van der Waals surface area (Å²) >= 11 is 0. The highest BCUT2D eigenvalue weighted by atomic mass is 32.2. The lowest BCUT2D eigenvalue weighted by Crippen LogP contribution is -2.08. The SMILES string of the molecule is CC(=O)OS1=C(c2ccccc2)C=C(c2ccccc2)C=C1c1ccccc1. The third-order valence-electron chi connectivity index (χ3n) is 4.40. The maximum absolute atomic E-state index is 11.9. The van der Waals surface area contributed by atoms with Crippen LogP contribution in [0.5, 0.6) is 0 Å². The zero-order valence-electron chi connectivity index (χ0n) is 15.5. The third kappa shape index (κ3) is 3.90. The molecule has 1 unspecified atom stereocenters. The standard InChI is InChI=1S/C25H20O2S/c1-19(26)27-28-24(21-13-7-3-8-14-21)17-23(20-11-5-2-6-12-20)18-25(28)22-15-9-4-10-16-22/h2-18H,1H3. The van der Waals surface area contributed by atoms with E-state index >= 15 is 0 Å². The Morgan fingerprint density at radius 2 is 1.18 bits per heavy atom. The highest BCUT2D eigenvalue weighted by Gasteiger charge is 2.21. The van der Waals surface area contributed by atoms with Crippen LogP contribution >= 0.6 is 10.8 Å². The Morgan fingerprint density at radius 1 is 0.679 bits per heavy atom. The highest BCUT2D eigenvalue weighted by Crippen LogP contribution is 2.43. The van der Waals surface area contributed by atoms with Gasteiger partial charge in [-0.2, -0.15) is 0 Å². The van der Waals surface area contributed by atoms with E-state index in [0.29, 0.717) is 0 Å². The molecule has 0 radical (unpaired) electrons. The summed E-state index contributed by atoms with van der Waals surface area (Å²) in [5, 5.41) is 0. The molecule has 2 nitrogen and oxygen atoms in total. The lowest BCUT2D eigenvalue weighted by atomic mass is 10.0. The number of hydrogen-bond acceptors (Lipinski definition) is 2. The molecule has 138 valence electrons. The van der Waals surface area contributed by atoms with Gasteiger partial charge in [0.25, 0.3) is 0 Å². The average Bonchev–Trinajstić information content (AvgIpc) is 2.75. The first kappa shape index (κ1) is 18.2. The summed E-state index contributed by atoms with van der Waals surface area (Å²) < 4.78 is 5.85. The van der Waals surface area contributed by atoms with Gasteiger partial charge < -0.3 is 4.18 Å². The van der Waals surface area contributed by atoms with Crippen LogP contribution in [0.3, 0.4) is 0 Å². The minimum atomic E-state index is -0.795. The van der Waals surface area contributed by atoms with Crippen molar-refractivity contribution in [3.63, 3.8) is 0 Å². The van der Waals surface area contributed by atoms with Crippen LogP contribution in [0, 0.1) is 0 Å². The molecule has 1 aliphatic rings. The van der Waals surface area contributed by atoms with Gasteiger partial charge in [-0.1, -0.05) is 91.0 Å². The molecule has 0 N–H and O–H groups in total. The molecule has 0 fully saturated rings. The molecular formula is C25H20O2S. The number of carbonyl (C=O) groups excluding carboxylic acids is 1. The van der Waals surface area contributed by atoms with Crippen molar-refractivity contribution in [2.45, 2.75) is 6.92 Å². The second kappa shape index (κ2) is 8.24. The van der Waals surface area contributed by atoms with Crippen LogP contribution in [0.15, 0.2) is 103 Å². The van der Waals surface area contributed by atoms with Gasteiger partial charge >= 0.3 is 5.97 Å². The molecule has 0 bridgehead atoms. The summed E-state index contributed by atoms with van der Waals surface area (Å²) in [4.78, 5) is 14.0. The fourth-order valence-electron chi connectivity index (χ4n) is 3.14. The number of benzene rings is 3. The average molecular weight is 385 g/mol. The van der Waals surface area contributed by atoms with Crippen LogP contribution in [-0.2, 0) is 8.98 Å². The molecule has 0 aromatic heterocycles. The lowest BCUT2D eigenvalue weighted by Gasteiger charge is -2.22. The first-order valence-electron chi connectivity index (χ1n) is 9.12. The van der Waals surface area contributed by atoms with Gasteiger partial charge in [0, 0.05) is 27.5 Å². The van der Waals surface area contributed by atoms with Gasteiger partial charge in [-0.25, -0.2) is 0 Å². The van der Waals surface area contributed by atoms with Crippen molar-refractivity contribution in [1.82, 2.24) is 0 Å². The van der Waals surface area contributed by atoms with Crippen LogP contribution in [-0.4, -0.2) is 10.8 Å². The van der Waals surface area contributed by atoms with Gasteiger partial charge in [0.1, 0.15) is 0 Å². The highest BCUT2D eigenvalue weighted by molar-refractivity contribution is 8.20. The summed E-state index contributed by atoms with van der Waals surface area (Å²) in [6.07, 6.45) is 4.28. The number of rotatable bonds is 4. The van der Waals surface area contributed by atoms with E-state index in [-0.39, 0.29) is 5.97 Å². The van der Waals surface area contributed by atoms with E-state index in [0.717, 1.165) is 32.0 Å². The predicted molar refractivity (Wildman–Crippen MR) is 119 cm³/mol. The van der Waals surface area contributed by atoms with E-state index < -0.39 is 10.8 Å². The topological polar surface area (TPSA) is 26.3 Å². The van der Waals surface area contributed by atoms with Crippen molar-refractivity contribution in [2.75, 3.05) is 0 Å². The molecule has 3 heteroatoms. The van der Waals surface area contributed by atoms with Crippen molar-refractivity contribution in [2.24, 2.45) is 0 Å². The normalized spacial score (nSPS) is 16.2. The molecule has 0 aliphatic carbocycles. The summed E-state index contributed by atoms with van der Waals surface area (Å²) in [5.41, 5.74) is 4.36. The van der Waals surface area contributed by atoms with E-state index in [1.54, 1.807) is 0 Å². The molecular weight excluding hydrogens is 364 g/mol. The van der Waals surface area contributed by atoms with Crippen molar-refractivity contribution in [3.8, 4) is 0 Å². The summed E-state index contributed by atoms with van der Waals surface area (Å²) in [7, 11) is -0.795. The van der Waals surface area contributed by atoms with Gasteiger partial charge in [-0.15, -0.1) is 0 Å². The largest absolute Gasteiger partial charge is 0.395 e. The van der Waals surface area contributed by atoms with Gasteiger partial charge in [-0.3, -0.25) is 4.79 Å². The molecule has 0 saturated carbocycles. The number of allylic oxidation sites excluding steroid dienone is 3. The van der Waals surface area contributed by atoms with Crippen LogP contribution in [0.25, 0.3) is 10.5 Å². The van der Waals surface area contributed by atoms with Crippen molar-refractivity contribution < 1.29 is 8.98 Å². The zero-order valence-corrected chi connectivity index (χ0v) is 16.4. The van der Waals surface area contributed by atoms with E-state index in [4.69, 9.17) is 4.18 Å². The van der Waals surface area contributed by atoms with E-state index in [9.17, 15) is 4.79 Å². The zero-order chi connectivity index (χ0) is 19.3. The molecule has 0 saturated heterocycles. The van der Waals surface area contributed by atoms with E-state index in [1.807, 2.05) is 54.6 Å². The maximum Gasteiger partial charge on any atom is 0.314 e. The Morgan fingerprint density at radius 3 is 1.71 bits per heavy atom. The molecule has 1 aliphatic heterocycles. The first-order chi connectivity index (χ1) is 13.7. The van der Waals surface area contributed by atoms with Crippen LogP contribution in [0.1, 0.15) is 23.6 Å². The van der Waals surface area contributed by atoms with Crippen LogP contribution in [0.4, 0.5) is 0 Å². The molecule has 1 atom stereocenters. The fourth-order valence-corrected chi connectivity index (χ4v) is 4.96. The Kier molecular flexibility index (Phi) is 5.36. The minimum Gasteiger partial charge on any atom is -0.395 e. The quantitative estimate of drug-likeness (QED) is 0.509.